The highest BCUT2D eigenvalue weighted by Crippen LogP contribution is 2.21. The normalized spacial score (nSPS) is 11.0. The summed E-state index contributed by atoms with van der Waals surface area (Å²) < 4.78 is 27.5. The van der Waals surface area contributed by atoms with E-state index in [2.05, 4.69) is 10.0 Å². The first-order valence-corrected chi connectivity index (χ1v) is 8.24. The Bertz CT molecular complexity index is 814. The molecular formula is C16H18N2O3S. The Balaban J connectivity index is 2.42. The summed E-state index contributed by atoms with van der Waals surface area (Å²) in [5.41, 5.74) is 2.40. The molecule has 1 amide bonds. The highest BCUT2D eigenvalue weighted by molar-refractivity contribution is 7.92. The molecule has 0 aliphatic rings. The highest BCUT2D eigenvalue weighted by Gasteiger charge is 2.18. The van der Waals surface area contributed by atoms with Crippen LogP contribution in [0, 0.1) is 13.8 Å². The van der Waals surface area contributed by atoms with Crippen molar-refractivity contribution in [1.29, 1.82) is 0 Å². The summed E-state index contributed by atoms with van der Waals surface area (Å²) >= 11 is 0. The van der Waals surface area contributed by atoms with Crippen molar-refractivity contribution in [2.75, 3.05) is 11.8 Å². The molecule has 2 aromatic rings. The molecule has 2 aromatic carbocycles. The summed E-state index contributed by atoms with van der Waals surface area (Å²) in [6.07, 6.45) is 0. The smallest absolute Gasteiger partial charge is 0.261 e. The molecule has 0 saturated carbocycles. The van der Waals surface area contributed by atoms with Gasteiger partial charge in [-0.3, -0.25) is 9.52 Å². The third kappa shape index (κ3) is 3.28. The molecule has 2 rings (SSSR count). The van der Waals surface area contributed by atoms with Crippen molar-refractivity contribution in [3.8, 4) is 0 Å². The molecule has 116 valence electrons. The average molecular weight is 318 g/mol. The molecular weight excluding hydrogens is 300 g/mol. The van der Waals surface area contributed by atoms with E-state index in [9.17, 15) is 13.2 Å². The van der Waals surface area contributed by atoms with E-state index < -0.39 is 10.0 Å². The third-order valence-corrected chi connectivity index (χ3v) is 4.74. The molecule has 0 spiro atoms. The van der Waals surface area contributed by atoms with Crippen LogP contribution in [0.1, 0.15) is 21.5 Å². The highest BCUT2D eigenvalue weighted by atomic mass is 32.2. The van der Waals surface area contributed by atoms with Crippen LogP contribution >= 0.6 is 0 Å². The lowest BCUT2D eigenvalue weighted by atomic mass is 10.1. The van der Waals surface area contributed by atoms with Crippen molar-refractivity contribution in [3.63, 3.8) is 0 Å². The molecule has 0 atom stereocenters. The largest absolute Gasteiger partial charge is 0.355 e. The van der Waals surface area contributed by atoms with Crippen molar-refractivity contribution in [2.24, 2.45) is 0 Å². The second kappa shape index (κ2) is 6.19. The molecule has 0 heterocycles. The predicted octanol–water partition coefficient (Wildman–Crippen LogP) is 2.46. The van der Waals surface area contributed by atoms with Gasteiger partial charge < -0.3 is 5.32 Å². The lowest BCUT2D eigenvalue weighted by molar-refractivity contribution is 0.0962. The van der Waals surface area contributed by atoms with Gasteiger partial charge in [-0.2, -0.15) is 0 Å². The van der Waals surface area contributed by atoms with Gasteiger partial charge in [-0.1, -0.05) is 24.3 Å². The number of aryl methyl sites for hydroxylation is 2. The van der Waals surface area contributed by atoms with Crippen molar-refractivity contribution in [3.05, 3.63) is 59.2 Å². The van der Waals surface area contributed by atoms with Crippen molar-refractivity contribution in [2.45, 2.75) is 18.7 Å². The Kier molecular flexibility index (Phi) is 4.51. The second-order valence-electron chi connectivity index (χ2n) is 4.98. The van der Waals surface area contributed by atoms with E-state index in [4.69, 9.17) is 0 Å². The maximum absolute atomic E-state index is 12.5. The minimum absolute atomic E-state index is 0.0555. The SMILES string of the molecule is CNC(=O)c1cc(S(=O)(=O)Nc2ccccc2C)ccc1C. The summed E-state index contributed by atoms with van der Waals surface area (Å²) in [6.45, 7) is 3.58. The van der Waals surface area contributed by atoms with Crippen molar-refractivity contribution in [1.82, 2.24) is 5.32 Å². The van der Waals surface area contributed by atoms with Gasteiger partial charge >= 0.3 is 0 Å². The van der Waals surface area contributed by atoms with Crippen LogP contribution in [0.3, 0.4) is 0 Å². The molecule has 5 nitrogen and oxygen atoms in total. The molecule has 22 heavy (non-hydrogen) atoms. The number of nitrogens with one attached hydrogen (secondary N) is 2. The van der Waals surface area contributed by atoms with Crippen LogP contribution in [-0.2, 0) is 10.0 Å². The number of rotatable bonds is 4. The van der Waals surface area contributed by atoms with Gasteiger partial charge in [0.25, 0.3) is 15.9 Å². The van der Waals surface area contributed by atoms with Crippen LogP contribution in [0.5, 0.6) is 0 Å². The van der Waals surface area contributed by atoms with Crippen molar-refractivity contribution < 1.29 is 13.2 Å². The molecule has 6 heteroatoms. The van der Waals surface area contributed by atoms with E-state index in [1.165, 1.54) is 19.2 Å². The summed E-state index contributed by atoms with van der Waals surface area (Å²) in [6, 6.07) is 11.6. The van der Waals surface area contributed by atoms with Gasteiger partial charge in [-0.25, -0.2) is 8.42 Å². The van der Waals surface area contributed by atoms with E-state index in [0.717, 1.165) is 5.56 Å². The van der Waals surface area contributed by atoms with Crippen LogP contribution < -0.4 is 10.0 Å². The second-order valence-corrected chi connectivity index (χ2v) is 6.66. The molecule has 0 bridgehead atoms. The monoisotopic (exact) mass is 318 g/mol. The fourth-order valence-electron chi connectivity index (χ4n) is 2.04. The number of hydrogen-bond acceptors (Lipinski definition) is 3. The Hall–Kier alpha value is -2.34. The van der Waals surface area contributed by atoms with E-state index in [1.807, 2.05) is 19.1 Å². The van der Waals surface area contributed by atoms with Crippen LogP contribution in [0.4, 0.5) is 5.69 Å². The quantitative estimate of drug-likeness (QED) is 0.909. The summed E-state index contributed by atoms with van der Waals surface area (Å²) in [5, 5.41) is 2.51. The number of sulfonamides is 1. The number of carbonyl (C=O) groups is 1. The van der Waals surface area contributed by atoms with Gasteiger partial charge in [0.05, 0.1) is 10.6 Å². The van der Waals surface area contributed by atoms with Crippen molar-refractivity contribution >= 4 is 21.6 Å². The Morgan fingerprint density at radius 2 is 1.68 bits per heavy atom. The van der Waals surface area contributed by atoms with E-state index in [1.54, 1.807) is 25.1 Å². The zero-order valence-corrected chi connectivity index (χ0v) is 13.5. The number of benzene rings is 2. The van der Waals surface area contributed by atoms with Gasteiger partial charge in [0, 0.05) is 12.6 Å². The molecule has 0 aliphatic carbocycles. The number of anilines is 1. The average Bonchev–Trinajstić information content (AvgIpc) is 2.49. The van der Waals surface area contributed by atoms with Gasteiger partial charge in [-0.05, 0) is 43.2 Å². The van der Waals surface area contributed by atoms with Crippen LogP contribution in [0.25, 0.3) is 0 Å². The minimum atomic E-state index is -3.75. The molecule has 0 aliphatic heterocycles. The zero-order valence-electron chi connectivity index (χ0n) is 12.7. The standard InChI is InChI=1S/C16H18N2O3S/c1-11-8-9-13(10-14(11)16(19)17-3)22(20,21)18-15-7-5-4-6-12(15)2/h4-10,18H,1-3H3,(H,17,19). The molecule has 0 saturated heterocycles. The first kappa shape index (κ1) is 16.0. The van der Waals surface area contributed by atoms with Gasteiger partial charge in [0.15, 0.2) is 0 Å². The lowest BCUT2D eigenvalue weighted by Gasteiger charge is -2.12. The van der Waals surface area contributed by atoms with E-state index in [0.29, 0.717) is 16.8 Å². The maximum Gasteiger partial charge on any atom is 0.261 e. The van der Waals surface area contributed by atoms with E-state index in [-0.39, 0.29) is 10.8 Å². The number of para-hydroxylation sites is 1. The molecule has 0 unspecified atom stereocenters. The number of carbonyl (C=O) groups excluding carboxylic acids is 1. The summed E-state index contributed by atoms with van der Waals surface area (Å²) in [7, 11) is -2.24. The van der Waals surface area contributed by atoms with E-state index >= 15 is 0 Å². The van der Waals surface area contributed by atoms with Crippen LogP contribution in [0.15, 0.2) is 47.4 Å². The molecule has 0 radical (unpaired) electrons. The first-order valence-electron chi connectivity index (χ1n) is 6.76. The lowest BCUT2D eigenvalue weighted by Crippen LogP contribution is -2.20. The van der Waals surface area contributed by atoms with Crippen LogP contribution in [-0.4, -0.2) is 21.4 Å². The van der Waals surface area contributed by atoms with Gasteiger partial charge in [-0.15, -0.1) is 0 Å². The Morgan fingerprint density at radius 3 is 2.32 bits per heavy atom. The first-order chi connectivity index (χ1) is 10.3. The fourth-order valence-corrected chi connectivity index (χ4v) is 3.20. The third-order valence-electron chi connectivity index (χ3n) is 3.38. The zero-order chi connectivity index (χ0) is 16.3. The summed E-state index contributed by atoms with van der Waals surface area (Å²) in [4.78, 5) is 11.9. The molecule has 0 fully saturated rings. The van der Waals surface area contributed by atoms with Gasteiger partial charge in [0.1, 0.15) is 0 Å². The van der Waals surface area contributed by atoms with Gasteiger partial charge in [0.2, 0.25) is 0 Å². The van der Waals surface area contributed by atoms with Crippen LogP contribution in [0.2, 0.25) is 0 Å². The summed E-state index contributed by atoms with van der Waals surface area (Å²) in [5.74, 6) is -0.314. The molecule has 0 aromatic heterocycles. The molecule has 2 N–H and O–H groups in total. The maximum atomic E-state index is 12.5. The fraction of sp³-hybridized carbons (Fsp3) is 0.188. The Morgan fingerprint density at radius 1 is 1.00 bits per heavy atom. The topological polar surface area (TPSA) is 75.3 Å². The predicted molar refractivity (Wildman–Crippen MR) is 86.6 cm³/mol. The number of amides is 1. The minimum Gasteiger partial charge on any atom is -0.355 e. The number of hydrogen-bond donors (Lipinski definition) is 2. The Labute approximate surface area is 130 Å².